The van der Waals surface area contributed by atoms with Crippen molar-refractivity contribution in [3.05, 3.63) is 29.6 Å². The highest BCUT2D eigenvalue weighted by Gasteiger charge is 2.23. The molecule has 2 aliphatic rings. The second kappa shape index (κ2) is 8.54. The highest BCUT2D eigenvalue weighted by atomic mass is 15.3. The summed E-state index contributed by atoms with van der Waals surface area (Å²) in [6.07, 6.45) is 13.7. The Balaban J connectivity index is 1.59. The Labute approximate surface area is 152 Å². The number of hydrogen-bond donors (Lipinski definition) is 2. The van der Waals surface area contributed by atoms with Crippen molar-refractivity contribution in [3.63, 3.8) is 0 Å². The molecular weight excluding hydrogens is 310 g/mol. The molecule has 1 heterocycles. The van der Waals surface area contributed by atoms with Gasteiger partial charge in [0.15, 0.2) is 5.96 Å². The van der Waals surface area contributed by atoms with Gasteiger partial charge in [-0.15, -0.1) is 0 Å². The van der Waals surface area contributed by atoms with E-state index in [4.69, 9.17) is 10.1 Å². The topological polar surface area (TPSA) is 54.2 Å². The Morgan fingerprint density at radius 3 is 2.96 bits per heavy atom. The van der Waals surface area contributed by atoms with Crippen LogP contribution in [-0.2, 0) is 12.8 Å². The van der Waals surface area contributed by atoms with Crippen molar-refractivity contribution < 1.29 is 0 Å². The van der Waals surface area contributed by atoms with Crippen LogP contribution < -0.4 is 10.6 Å². The number of guanidine groups is 1. The lowest BCUT2D eigenvalue weighted by molar-refractivity contribution is 0.482. The first-order chi connectivity index (χ1) is 12.2. The van der Waals surface area contributed by atoms with Crippen LogP contribution in [0.15, 0.2) is 23.3 Å². The quantitative estimate of drug-likeness (QED) is 0.490. The van der Waals surface area contributed by atoms with E-state index in [9.17, 15) is 0 Å². The zero-order chi connectivity index (χ0) is 17.6. The molecule has 0 amide bonds. The molecule has 5 heteroatoms. The van der Waals surface area contributed by atoms with Crippen molar-refractivity contribution in [2.24, 2.45) is 10.9 Å². The number of aromatic nitrogens is 2. The molecule has 2 aliphatic carbocycles. The van der Waals surface area contributed by atoms with Gasteiger partial charge in [-0.2, -0.15) is 5.10 Å². The summed E-state index contributed by atoms with van der Waals surface area (Å²) >= 11 is 0. The van der Waals surface area contributed by atoms with Crippen LogP contribution in [0.4, 0.5) is 0 Å². The van der Waals surface area contributed by atoms with E-state index in [-0.39, 0.29) is 0 Å². The first kappa shape index (κ1) is 18.0. The number of hydrogen-bond acceptors (Lipinski definition) is 2. The lowest BCUT2D eigenvalue weighted by Crippen LogP contribution is -2.46. The van der Waals surface area contributed by atoms with Crippen LogP contribution in [0.25, 0.3) is 0 Å². The van der Waals surface area contributed by atoms with E-state index in [1.54, 1.807) is 0 Å². The molecule has 2 atom stereocenters. The van der Waals surface area contributed by atoms with E-state index in [1.807, 2.05) is 0 Å². The number of nitrogens with zero attached hydrogens (tertiary/aromatic N) is 3. The first-order valence-corrected chi connectivity index (χ1v) is 9.92. The SMILES string of the molecule is CCNC(=NCC1CC=CCC1)NC1CCc2cn(C(C)C)nc2C1. The molecule has 25 heavy (non-hydrogen) atoms. The minimum atomic E-state index is 0.423. The Morgan fingerprint density at radius 1 is 1.36 bits per heavy atom. The van der Waals surface area contributed by atoms with Crippen LogP contribution in [0, 0.1) is 5.92 Å². The van der Waals surface area contributed by atoms with Gasteiger partial charge in [0.25, 0.3) is 0 Å². The molecule has 3 rings (SSSR count). The van der Waals surface area contributed by atoms with E-state index < -0.39 is 0 Å². The predicted octanol–water partition coefficient (Wildman–Crippen LogP) is 3.23. The summed E-state index contributed by atoms with van der Waals surface area (Å²) in [7, 11) is 0. The van der Waals surface area contributed by atoms with E-state index in [1.165, 1.54) is 30.5 Å². The lowest BCUT2D eigenvalue weighted by Gasteiger charge is -2.25. The molecule has 138 valence electrons. The van der Waals surface area contributed by atoms with Crippen LogP contribution >= 0.6 is 0 Å². The molecule has 5 nitrogen and oxygen atoms in total. The third-order valence-corrected chi connectivity index (χ3v) is 5.20. The van der Waals surface area contributed by atoms with Gasteiger partial charge in [0, 0.05) is 37.8 Å². The first-order valence-electron chi connectivity index (χ1n) is 9.92. The summed E-state index contributed by atoms with van der Waals surface area (Å²) in [6, 6.07) is 0.854. The maximum atomic E-state index is 4.86. The van der Waals surface area contributed by atoms with Crippen molar-refractivity contribution in [3.8, 4) is 0 Å². The van der Waals surface area contributed by atoms with Gasteiger partial charge < -0.3 is 10.6 Å². The number of aryl methyl sites for hydroxylation is 1. The van der Waals surface area contributed by atoms with Crippen LogP contribution in [0.1, 0.15) is 63.8 Å². The largest absolute Gasteiger partial charge is 0.357 e. The average molecular weight is 344 g/mol. The number of aliphatic imine (C=N–C) groups is 1. The fourth-order valence-electron chi connectivity index (χ4n) is 3.66. The molecule has 1 aromatic rings. The van der Waals surface area contributed by atoms with Gasteiger partial charge in [-0.05, 0) is 64.4 Å². The van der Waals surface area contributed by atoms with Gasteiger partial charge in [-0.3, -0.25) is 9.67 Å². The van der Waals surface area contributed by atoms with Crippen molar-refractivity contribution in [2.75, 3.05) is 13.1 Å². The summed E-state index contributed by atoms with van der Waals surface area (Å²) in [5, 5.41) is 11.8. The monoisotopic (exact) mass is 343 g/mol. The van der Waals surface area contributed by atoms with E-state index in [2.05, 4.69) is 54.4 Å². The third-order valence-electron chi connectivity index (χ3n) is 5.20. The van der Waals surface area contributed by atoms with Crippen LogP contribution in [0.5, 0.6) is 0 Å². The Morgan fingerprint density at radius 2 is 2.24 bits per heavy atom. The molecule has 0 bridgehead atoms. The Bertz CT molecular complexity index is 614. The predicted molar refractivity (Wildman–Crippen MR) is 104 cm³/mol. The molecule has 0 radical (unpaired) electrons. The summed E-state index contributed by atoms with van der Waals surface area (Å²) in [4.78, 5) is 4.86. The zero-order valence-corrected chi connectivity index (χ0v) is 16.0. The minimum absolute atomic E-state index is 0.423. The summed E-state index contributed by atoms with van der Waals surface area (Å²) in [6.45, 7) is 8.31. The standard InChI is InChI=1S/C20H33N5/c1-4-21-20(22-13-16-8-6-5-7-9-16)23-18-11-10-17-14-25(15(2)3)24-19(17)12-18/h5-6,14-16,18H,4,7-13H2,1-3H3,(H2,21,22,23). The summed E-state index contributed by atoms with van der Waals surface area (Å²) in [5.41, 5.74) is 2.67. The fraction of sp³-hybridized carbons (Fsp3) is 0.700. The van der Waals surface area contributed by atoms with Gasteiger partial charge in [0.05, 0.1) is 5.69 Å². The number of rotatable bonds is 5. The second-order valence-corrected chi connectivity index (χ2v) is 7.63. The molecule has 0 aromatic carbocycles. The zero-order valence-electron chi connectivity index (χ0n) is 16.0. The molecular formula is C20H33N5. The van der Waals surface area contributed by atoms with E-state index >= 15 is 0 Å². The third kappa shape index (κ3) is 4.86. The van der Waals surface area contributed by atoms with Gasteiger partial charge in [0.2, 0.25) is 0 Å². The number of nitrogens with one attached hydrogen (secondary N) is 2. The molecule has 1 aromatic heterocycles. The maximum Gasteiger partial charge on any atom is 0.191 e. The minimum Gasteiger partial charge on any atom is -0.357 e. The van der Waals surface area contributed by atoms with E-state index in [0.717, 1.165) is 38.3 Å². The fourth-order valence-corrected chi connectivity index (χ4v) is 3.66. The van der Waals surface area contributed by atoms with E-state index in [0.29, 0.717) is 18.0 Å². The van der Waals surface area contributed by atoms with Crippen molar-refractivity contribution >= 4 is 5.96 Å². The molecule has 0 fully saturated rings. The normalized spacial score (nSPS) is 23.6. The molecule has 0 aliphatic heterocycles. The lowest BCUT2D eigenvalue weighted by atomic mass is 9.94. The van der Waals surface area contributed by atoms with Crippen LogP contribution in [-0.4, -0.2) is 34.9 Å². The molecule has 2 unspecified atom stereocenters. The molecule has 0 spiro atoms. The Hall–Kier alpha value is -1.78. The van der Waals surface area contributed by atoms with Crippen molar-refractivity contribution in [1.29, 1.82) is 0 Å². The molecule has 0 saturated heterocycles. The van der Waals surface area contributed by atoms with Crippen LogP contribution in [0.3, 0.4) is 0 Å². The maximum absolute atomic E-state index is 4.86. The Kier molecular flexibility index (Phi) is 6.16. The van der Waals surface area contributed by atoms with Gasteiger partial charge >= 0.3 is 0 Å². The number of fused-ring (bicyclic) bond motifs is 1. The molecule has 0 saturated carbocycles. The highest BCUT2D eigenvalue weighted by Crippen LogP contribution is 2.22. The van der Waals surface area contributed by atoms with Crippen LogP contribution in [0.2, 0.25) is 0 Å². The van der Waals surface area contributed by atoms with Gasteiger partial charge in [0.1, 0.15) is 0 Å². The van der Waals surface area contributed by atoms with Gasteiger partial charge in [-0.1, -0.05) is 12.2 Å². The number of allylic oxidation sites excluding steroid dienone is 2. The average Bonchev–Trinajstić information content (AvgIpc) is 3.04. The second-order valence-electron chi connectivity index (χ2n) is 7.63. The van der Waals surface area contributed by atoms with Gasteiger partial charge in [-0.25, -0.2) is 0 Å². The van der Waals surface area contributed by atoms with Crippen molar-refractivity contribution in [1.82, 2.24) is 20.4 Å². The smallest absolute Gasteiger partial charge is 0.191 e. The summed E-state index contributed by atoms with van der Waals surface area (Å²) < 4.78 is 2.10. The molecule has 2 N–H and O–H groups in total. The highest BCUT2D eigenvalue weighted by molar-refractivity contribution is 5.80. The summed E-state index contributed by atoms with van der Waals surface area (Å²) in [5.74, 6) is 1.66. The van der Waals surface area contributed by atoms with Crippen molar-refractivity contribution in [2.45, 2.75) is 71.4 Å².